The van der Waals surface area contributed by atoms with Crippen LogP contribution in [-0.4, -0.2) is 29.0 Å². The average Bonchev–Trinajstić information content (AvgIpc) is 2.27. The Hall–Kier alpha value is -2.19. The van der Waals surface area contributed by atoms with E-state index in [-0.39, 0.29) is 10.9 Å². The van der Waals surface area contributed by atoms with Crippen molar-refractivity contribution in [2.75, 3.05) is 0 Å². The fraction of sp³-hybridized carbons (Fsp3) is 0. The van der Waals surface area contributed by atoms with Gasteiger partial charge >= 0.3 is 5.97 Å². The maximum absolute atomic E-state index is 11.8. The Bertz CT molecular complexity index is 805. The average molecular weight is 269 g/mol. The highest BCUT2D eigenvalue weighted by Gasteiger charge is 2.15. The summed E-state index contributed by atoms with van der Waals surface area (Å²) in [5.41, 5.74) is -1.05. The Labute approximate surface area is 100 Å². The zero-order valence-corrected chi connectivity index (χ0v) is 9.56. The second-order valence-electron chi connectivity index (χ2n) is 3.52. The molecule has 0 bridgehead atoms. The van der Waals surface area contributed by atoms with Crippen LogP contribution in [0.4, 0.5) is 0 Å². The van der Waals surface area contributed by atoms with Gasteiger partial charge in [-0.2, -0.15) is 8.42 Å². The van der Waals surface area contributed by atoms with Crippen molar-refractivity contribution in [3.8, 4) is 0 Å². The van der Waals surface area contributed by atoms with E-state index in [1.807, 2.05) is 0 Å². The molecule has 1 aromatic carbocycles. The first-order valence-corrected chi connectivity index (χ1v) is 6.11. The minimum absolute atomic E-state index is 0.120. The van der Waals surface area contributed by atoms with Crippen molar-refractivity contribution in [3.63, 3.8) is 0 Å². The number of aromatic nitrogens is 1. The number of benzene rings is 1. The summed E-state index contributed by atoms with van der Waals surface area (Å²) in [6.07, 6.45) is 1.03. The fourth-order valence-corrected chi connectivity index (χ4v) is 2.02. The molecule has 18 heavy (non-hydrogen) atoms. The fourth-order valence-electron chi connectivity index (χ4n) is 1.52. The summed E-state index contributed by atoms with van der Waals surface area (Å²) in [7, 11) is -4.44. The molecular formula is C10H7NO6S. The van der Waals surface area contributed by atoms with Crippen LogP contribution in [0.15, 0.2) is 34.1 Å². The molecule has 1 aromatic heterocycles. The number of hydrogen-bond acceptors (Lipinski definition) is 4. The number of rotatable bonds is 2. The molecule has 0 spiro atoms. The summed E-state index contributed by atoms with van der Waals surface area (Å²) in [6.45, 7) is 0. The third-order valence-corrected chi connectivity index (χ3v) is 3.23. The van der Waals surface area contributed by atoms with Crippen molar-refractivity contribution in [3.05, 3.63) is 40.2 Å². The lowest BCUT2D eigenvalue weighted by Crippen LogP contribution is -2.15. The van der Waals surface area contributed by atoms with E-state index in [0.29, 0.717) is 0 Å². The number of aromatic amines is 1. The molecule has 0 saturated carbocycles. The molecule has 0 unspecified atom stereocenters. The lowest BCUT2D eigenvalue weighted by Gasteiger charge is -2.02. The molecule has 0 fully saturated rings. The van der Waals surface area contributed by atoms with Crippen LogP contribution in [0.25, 0.3) is 10.9 Å². The van der Waals surface area contributed by atoms with E-state index in [1.165, 1.54) is 6.07 Å². The van der Waals surface area contributed by atoms with E-state index in [2.05, 4.69) is 4.98 Å². The first-order chi connectivity index (χ1) is 8.30. The Morgan fingerprint density at radius 2 is 1.94 bits per heavy atom. The van der Waals surface area contributed by atoms with Crippen molar-refractivity contribution < 1.29 is 22.9 Å². The SMILES string of the molecule is O=C(O)c1c[nH]c2ccc(S(=O)(=O)O)cc2c1=O. The van der Waals surface area contributed by atoms with Gasteiger partial charge in [0, 0.05) is 17.1 Å². The number of nitrogens with one attached hydrogen (secondary N) is 1. The predicted molar refractivity (Wildman–Crippen MR) is 61.3 cm³/mol. The minimum atomic E-state index is -4.44. The van der Waals surface area contributed by atoms with Crippen LogP contribution >= 0.6 is 0 Å². The van der Waals surface area contributed by atoms with Crippen LogP contribution in [0.1, 0.15) is 10.4 Å². The van der Waals surface area contributed by atoms with Gasteiger partial charge in [-0.15, -0.1) is 0 Å². The lowest BCUT2D eigenvalue weighted by molar-refractivity contribution is 0.0695. The molecule has 7 nitrogen and oxygen atoms in total. The maximum Gasteiger partial charge on any atom is 0.341 e. The molecule has 1 heterocycles. The summed E-state index contributed by atoms with van der Waals surface area (Å²) < 4.78 is 30.7. The van der Waals surface area contributed by atoms with Gasteiger partial charge in [-0.25, -0.2) is 4.79 Å². The second-order valence-corrected chi connectivity index (χ2v) is 4.94. The topological polar surface area (TPSA) is 125 Å². The van der Waals surface area contributed by atoms with Crippen molar-refractivity contribution in [1.29, 1.82) is 0 Å². The molecule has 0 aliphatic heterocycles. The molecular weight excluding hydrogens is 262 g/mol. The number of carboxylic acid groups (broad SMARTS) is 1. The van der Waals surface area contributed by atoms with E-state index >= 15 is 0 Å². The smallest absolute Gasteiger partial charge is 0.341 e. The normalized spacial score (nSPS) is 11.6. The van der Waals surface area contributed by atoms with Crippen LogP contribution in [0.5, 0.6) is 0 Å². The highest BCUT2D eigenvalue weighted by atomic mass is 32.2. The highest BCUT2D eigenvalue weighted by Crippen LogP contribution is 2.15. The van der Waals surface area contributed by atoms with Gasteiger partial charge in [-0.3, -0.25) is 9.35 Å². The predicted octanol–water partition coefficient (Wildman–Crippen LogP) is 0.473. The van der Waals surface area contributed by atoms with Gasteiger partial charge in [0.15, 0.2) is 0 Å². The van der Waals surface area contributed by atoms with E-state index in [4.69, 9.17) is 9.66 Å². The summed E-state index contributed by atoms with van der Waals surface area (Å²) in [5.74, 6) is -1.42. The first kappa shape index (κ1) is 12.3. The van der Waals surface area contributed by atoms with E-state index < -0.39 is 32.0 Å². The quantitative estimate of drug-likeness (QED) is 0.681. The largest absolute Gasteiger partial charge is 0.477 e. The van der Waals surface area contributed by atoms with Crippen LogP contribution in [0.2, 0.25) is 0 Å². The third-order valence-electron chi connectivity index (χ3n) is 2.38. The van der Waals surface area contributed by atoms with Gasteiger partial charge in [0.2, 0.25) is 5.43 Å². The van der Waals surface area contributed by atoms with E-state index in [0.717, 1.165) is 18.3 Å². The molecule has 0 aliphatic rings. The Balaban J connectivity index is 2.87. The van der Waals surface area contributed by atoms with Gasteiger partial charge in [-0.1, -0.05) is 0 Å². The Morgan fingerprint density at radius 3 is 2.50 bits per heavy atom. The molecule has 94 valence electrons. The number of fused-ring (bicyclic) bond motifs is 1. The van der Waals surface area contributed by atoms with Crippen molar-refractivity contribution in [2.45, 2.75) is 4.90 Å². The Morgan fingerprint density at radius 1 is 1.28 bits per heavy atom. The molecule has 8 heteroatoms. The van der Waals surface area contributed by atoms with Gasteiger partial charge < -0.3 is 10.1 Å². The number of hydrogen-bond donors (Lipinski definition) is 3. The first-order valence-electron chi connectivity index (χ1n) is 4.67. The Kier molecular flexibility index (Phi) is 2.68. The maximum atomic E-state index is 11.8. The van der Waals surface area contributed by atoms with Crippen LogP contribution in [0.3, 0.4) is 0 Å². The molecule has 0 amide bonds. The minimum Gasteiger partial charge on any atom is -0.477 e. The van der Waals surface area contributed by atoms with Crippen molar-refractivity contribution in [2.24, 2.45) is 0 Å². The summed E-state index contributed by atoms with van der Waals surface area (Å²) >= 11 is 0. The summed E-state index contributed by atoms with van der Waals surface area (Å²) in [5, 5.41) is 8.65. The summed E-state index contributed by atoms with van der Waals surface area (Å²) in [4.78, 5) is 24.6. The number of pyridine rings is 1. The number of carbonyl (C=O) groups is 1. The number of carboxylic acids is 1. The third kappa shape index (κ3) is 1.98. The molecule has 0 radical (unpaired) electrons. The van der Waals surface area contributed by atoms with Gasteiger partial charge in [0.25, 0.3) is 10.1 Å². The molecule has 0 aliphatic carbocycles. The standard InChI is InChI=1S/C10H7NO6S/c12-9-6-3-5(18(15,16)17)1-2-8(6)11-4-7(9)10(13)14/h1-4H,(H,11,12)(H,13,14)(H,15,16,17). The zero-order chi connectivity index (χ0) is 13.5. The van der Waals surface area contributed by atoms with Gasteiger partial charge in [-0.05, 0) is 18.2 Å². The summed E-state index contributed by atoms with van der Waals surface area (Å²) in [6, 6.07) is 3.30. The molecule has 3 N–H and O–H groups in total. The number of H-pyrrole nitrogens is 1. The van der Waals surface area contributed by atoms with Gasteiger partial charge in [0.1, 0.15) is 5.56 Å². The number of aromatic carboxylic acids is 1. The molecule has 0 atom stereocenters. The lowest BCUT2D eigenvalue weighted by atomic mass is 10.1. The van der Waals surface area contributed by atoms with E-state index in [9.17, 15) is 18.0 Å². The van der Waals surface area contributed by atoms with Crippen molar-refractivity contribution in [1.82, 2.24) is 4.98 Å². The van der Waals surface area contributed by atoms with Crippen LogP contribution in [-0.2, 0) is 10.1 Å². The second kappa shape index (κ2) is 3.93. The van der Waals surface area contributed by atoms with Crippen LogP contribution in [0, 0.1) is 0 Å². The molecule has 2 aromatic rings. The van der Waals surface area contributed by atoms with E-state index in [1.54, 1.807) is 0 Å². The molecule has 2 rings (SSSR count). The monoisotopic (exact) mass is 269 g/mol. The van der Waals surface area contributed by atoms with Crippen molar-refractivity contribution >= 4 is 27.0 Å². The zero-order valence-electron chi connectivity index (χ0n) is 8.75. The van der Waals surface area contributed by atoms with Crippen LogP contribution < -0.4 is 5.43 Å². The highest BCUT2D eigenvalue weighted by molar-refractivity contribution is 7.85. The molecule has 0 saturated heterocycles. The van der Waals surface area contributed by atoms with Gasteiger partial charge in [0.05, 0.1) is 4.90 Å².